The number of nitrogens with one attached hydrogen (secondary N) is 1. The minimum absolute atomic E-state index is 0.0138. The number of carbonyl (C=O) groups is 3. The number of rotatable bonds is 4. The molecule has 1 aliphatic heterocycles. The molecule has 3 amide bonds. The lowest BCUT2D eigenvalue weighted by atomic mass is 9.74. The van der Waals surface area contributed by atoms with E-state index in [2.05, 4.69) is 0 Å². The second kappa shape index (κ2) is 6.01. The molecule has 0 bridgehead atoms. The Bertz CT molecular complexity index is 381. The van der Waals surface area contributed by atoms with E-state index in [1.54, 1.807) is 13.8 Å². The van der Waals surface area contributed by atoms with E-state index in [4.69, 9.17) is 5.73 Å². The number of likely N-dealkylation sites (tertiary alicyclic amines) is 1. The van der Waals surface area contributed by atoms with Gasteiger partial charge < -0.3 is 10.8 Å². The van der Waals surface area contributed by atoms with Gasteiger partial charge >= 0.3 is 12.0 Å². The Labute approximate surface area is 112 Å². The highest BCUT2D eigenvalue weighted by Crippen LogP contribution is 2.34. The molecule has 1 rings (SSSR count). The molecule has 1 aliphatic rings. The number of urea groups is 1. The lowest BCUT2D eigenvalue weighted by Crippen LogP contribution is -2.49. The molecule has 0 saturated carbocycles. The quantitative estimate of drug-likeness (QED) is 0.666. The Balaban J connectivity index is 2.58. The Morgan fingerprint density at radius 3 is 2.58 bits per heavy atom. The second-order valence-corrected chi connectivity index (χ2v) is 5.51. The Hall–Kier alpha value is -1.63. The van der Waals surface area contributed by atoms with Crippen LogP contribution in [0.3, 0.4) is 0 Å². The average Bonchev–Trinajstić information content (AvgIpc) is 2.27. The van der Waals surface area contributed by atoms with Gasteiger partial charge in [-0.05, 0) is 39.2 Å². The molecule has 108 valence electrons. The molecule has 7 nitrogen and oxygen atoms in total. The fourth-order valence-electron chi connectivity index (χ4n) is 2.34. The minimum atomic E-state index is -0.871. The van der Waals surface area contributed by atoms with Crippen molar-refractivity contribution in [2.45, 2.75) is 26.7 Å². The molecule has 7 heteroatoms. The first-order valence-corrected chi connectivity index (χ1v) is 6.28. The van der Waals surface area contributed by atoms with Crippen LogP contribution in [0, 0.1) is 11.3 Å². The molecule has 19 heavy (non-hydrogen) atoms. The summed E-state index contributed by atoms with van der Waals surface area (Å²) >= 11 is 0. The second-order valence-electron chi connectivity index (χ2n) is 5.51. The Morgan fingerprint density at radius 1 is 1.42 bits per heavy atom. The average molecular weight is 271 g/mol. The molecule has 0 aromatic heterocycles. The van der Waals surface area contributed by atoms with E-state index in [1.165, 1.54) is 0 Å². The third-order valence-electron chi connectivity index (χ3n) is 3.71. The standard InChI is InChI=1S/C12H21N3O4/c1-12(2,10(17)18)8-4-3-5-15(6-8)7-9(16)14-11(13)19/h8H,3-7H2,1-2H3,(H,17,18)(H3,13,14,16,19). The van der Waals surface area contributed by atoms with Crippen LogP contribution in [0.15, 0.2) is 0 Å². The van der Waals surface area contributed by atoms with E-state index >= 15 is 0 Å². The zero-order valence-electron chi connectivity index (χ0n) is 11.3. The number of aliphatic carboxylic acids is 1. The van der Waals surface area contributed by atoms with Crippen molar-refractivity contribution in [1.82, 2.24) is 10.2 Å². The first-order chi connectivity index (χ1) is 8.73. The predicted molar refractivity (Wildman–Crippen MR) is 68.3 cm³/mol. The van der Waals surface area contributed by atoms with Gasteiger partial charge in [-0.3, -0.25) is 19.8 Å². The van der Waals surface area contributed by atoms with Gasteiger partial charge in [-0.2, -0.15) is 0 Å². The highest BCUT2D eigenvalue weighted by Gasteiger charge is 2.39. The van der Waals surface area contributed by atoms with E-state index in [1.807, 2.05) is 10.2 Å². The summed E-state index contributed by atoms with van der Waals surface area (Å²) in [5, 5.41) is 11.2. The molecule has 4 N–H and O–H groups in total. The summed E-state index contributed by atoms with van der Waals surface area (Å²) in [7, 11) is 0. The highest BCUT2D eigenvalue weighted by molar-refractivity contribution is 5.94. The summed E-state index contributed by atoms with van der Waals surface area (Å²) in [4.78, 5) is 35.1. The van der Waals surface area contributed by atoms with Crippen molar-refractivity contribution in [3.63, 3.8) is 0 Å². The van der Waals surface area contributed by atoms with E-state index in [9.17, 15) is 19.5 Å². The largest absolute Gasteiger partial charge is 0.481 e. The molecule has 1 unspecified atom stereocenters. The normalized spacial score (nSPS) is 20.8. The summed E-state index contributed by atoms with van der Waals surface area (Å²) in [6.07, 6.45) is 1.67. The van der Waals surface area contributed by atoms with Gasteiger partial charge in [-0.15, -0.1) is 0 Å². The van der Waals surface area contributed by atoms with Gasteiger partial charge in [0.25, 0.3) is 0 Å². The maximum atomic E-state index is 11.4. The van der Waals surface area contributed by atoms with Crippen molar-refractivity contribution >= 4 is 17.9 Å². The SMILES string of the molecule is CC(C)(C(=O)O)C1CCCN(CC(=O)NC(N)=O)C1. The number of carboxylic acid groups (broad SMARTS) is 1. The van der Waals surface area contributed by atoms with E-state index in [-0.39, 0.29) is 12.5 Å². The fourth-order valence-corrected chi connectivity index (χ4v) is 2.34. The summed E-state index contributed by atoms with van der Waals surface area (Å²) in [6, 6.07) is -0.871. The molecule has 1 heterocycles. The molecule has 0 aromatic rings. The van der Waals surface area contributed by atoms with E-state index < -0.39 is 23.3 Å². The molecule has 0 radical (unpaired) electrons. The lowest BCUT2D eigenvalue weighted by molar-refractivity contribution is -0.151. The van der Waals surface area contributed by atoms with Crippen LogP contribution in [0.4, 0.5) is 4.79 Å². The van der Waals surface area contributed by atoms with Crippen LogP contribution >= 0.6 is 0 Å². The number of amides is 3. The zero-order valence-corrected chi connectivity index (χ0v) is 11.3. The van der Waals surface area contributed by atoms with Crippen LogP contribution in [0.2, 0.25) is 0 Å². The van der Waals surface area contributed by atoms with Crippen LogP contribution in [0.5, 0.6) is 0 Å². The molecule has 1 atom stereocenters. The van der Waals surface area contributed by atoms with E-state index in [0.717, 1.165) is 19.4 Å². The van der Waals surface area contributed by atoms with Gasteiger partial charge in [0, 0.05) is 6.54 Å². The number of piperidine rings is 1. The highest BCUT2D eigenvalue weighted by atomic mass is 16.4. The van der Waals surface area contributed by atoms with Crippen LogP contribution in [-0.2, 0) is 9.59 Å². The van der Waals surface area contributed by atoms with Crippen molar-refractivity contribution in [3.05, 3.63) is 0 Å². The number of carboxylic acids is 1. The summed E-state index contributed by atoms with van der Waals surface area (Å²) in [6.45, 7) is 4.72. The third-order valence-corrected chi connectivity index (χ3v) is 3.71. The first-order valence-electron chi connectivity index (χ1n) is 6.28. The van der Waals surface area contributed by atoms with Crippen LogP contribution in [0.25, 0.3) is 0 Å². The number of carbonyl (C=O) groups excluding carboxylic acids is 2. The van der Waals surface area contributed by atoms with Gasteiger partial charge in [0.05, 0.1) is 12.0 Å². The van der Waals surface area contributed by atoms with Gasteiger partial charge in [0.15, 0.2) is 0 Å². The van der Waals surface area contributed by atoms with Gasteiger partial charge in [-0.1, -0.05) is 0 Å². The van der Waals surface area contributed by atoms with Crippen molar-refractivity contribution in [3.8, 4) is 0 Å². The topological polar surface area (TPSA) is 113 Å². The van der Waals surface area contributed by atoms with Crippen molar-refractivity contribution in [2.75, 3.05) is 19.6 Å². The third kappa shape index (κ3) is 4.20. The van der Waals surface area contributed by atoms with Crippen LogP contribution in [0.1, 0.15) is 26.7 Å². The lowest BCUT2D eigenvalue weighted by Gasteiger charge is -2.38. The maximum absolute atomic E-state index is 11.4. The van der Waals surface area contributed by atoms with Crippen molar-refractivity contribution in [2.24, 2.45) is 17.1 Å². The number of primary amides is 1. The Kier molecular flexibility index (Phi) is 4.88. The van der Waals surface area contributed by atoms with E-state index in [0.29, 0.717) is 6.54 Å². The predicted octanol–water partition coefficient (Wildman–Crippen LogP) is 0.00410. The first kappa shape index (κ1) is 15.4. The molecule has 0 spiro atoms. The molecule has 1 saturated heterocycles. The van der Waals surface area contributed by atoms with Crippen LogP contribution in [-0.4, -0.2) is 47.5 Å². The maximum Gasteiger partial charge on any atom is 0.318 e. The molecular weight excluding hydrogens is 250 g/mol. The smallest absolute Gasteiger partial charge is 0.318 e. The van der Waals surface area contributed by atoms with Crippen molar-refractivity contribution < 1.29 is 19.5 Å². The van der Waals surface area contributed by atoms with Gasteiger partial charge in [0.1, 0.15) is 0 Å². The molecule has 0 aromatic carbocycles. The number of imide groups is 1. The number of nitrogens with zero attached hydrogens (tertiary/aromatic N) is 1. The fraction of sp³-hybridized carbons (Fsp3) is 0.750. The minimum Gasteiger partial charge on any atom is -0.481 e. The van der Waals surface area contributed by atoms with Gasteiger partial charge in [0.2, 0.25) is 5.91 Å². The van der Waals surface area contributed by atoms with Crippen molar-refractivity contribution in [1.29, 1.82) is 0 Å². The molecule has 1 fully saturated rings. The molecular formula is C12H21N3O4. The summed E-state index contributed by atoms with van der Waals surface area (Å²) in [5.41, 5.74) is 4.05. The number of nitrogens with two attached hydrogens (primary N) is 1. The zero-order chi connectivity index (χ0) is 14.6. The number of hydrogen-bond donors (Lipinski definition) is 3. The summed E-state index contributed by atoms with van der Waals surface area (Å²) in [5.74, 6) is -1.30. The summed E-state index contributed by atoms with van der Waals surface area (Å²) < 4.78 is 0. The van der Waals surface area contributed by atoms with Gasteiger partial charge in [-0.25, -0.2) is 4.79 Å². The monoisotopic (exact) mass is 271 g/mol. The number of hydrogen-bond acceptors (Lipinski definition) is 4. The Morgan fingerprint density at radius 2 is 2.05 bits per heavy atom. The molecule has 0 aliphatic carbocycles. The van der Waals surface area contributed by atoms with Crippen LogP contribution < -0.4 is 11.1 Å².